The van der Waals surface area contributed by atoms with E-state index in [1.54, 1.807) is 45.2 Å². The number of hydrogen-bond donors (Lipinski definition) is 0. The Morgan fingerprint density at radius 2 is 1.00 bits per heavy atom. The van der Waals surface area contributed by atoms with Crippen molar-refractivity contribution in [2.75, 3.05) is 14.2 Å². The van der Waals surface area contributed by atoms with Crippen molar-refractivity contribution < 1.29 is 138 Å². The summed E-state index contributed by atoms with van der Waals surface area (Å²) >= 11 is 3.54. The van der Waals surface area contributed by atoms with E-state index in [1.165, 1.54) is 38.5 Å². The molecular weight excluding hydrogens is 692 g/mol. The average Bonchev–Trinajstić information content (AvgIpc) is 2.52. The van der Waals surface area contributed by atoms with Gasteiger partial charge in [-0.1, -0.05) is 12.1 Å². The van der Waals surface area contributed by atoms with Crippen molar-refractivity contribution in [2.24, 2.45) is 0 Å². The predicted octanol–water partition coefficient (Wildman–Crippen LogP) is -3.60. The first-order chi connectivity index (χ1) is 11.9. The van der Waals surface area contributed by atoms with Gasteiger partial charge in [-0.25, -0.2) is 16.8 Å². The normalized spacial score (nSPS) is 11.2. The molecule has 2 aromatic rings. The summed E-state index contributed by atoms with van der Waals surface area (Å²) in [5.74, 6) is -0.463. The molecule has 0 heterocycles. The maximum absolute atomic E-state index is 11.8. The van der Waals surface area contributed by atoms with Crippen molar-refractivity contribution in [3.63, 3.8) is 0 Å². The monoisotopic (exact) mass is 702 g/mol. The molecule has 0 aliphatic heterocycles. The van der Waals surface area contributed by atoms with Gasteiger partial charge in [0.1, 0.15) is 41.5 Å². The van der Waals surface area contributed by atoms with Crippen molar-refractivity contribution in [3.05, 3.63) is 31.4 Å². The molecular formula is C14H10I2K2O8S2. The van der Waals surface area contributed by atoms with E-state index in [1.807, 2.05) is 0 Å². The van der Waals surface area contributed by atoms with Crippen LogP contribution >= 0.6 is 45.2 Å². The quantitative estimate of drug-likeness (QED) is 0.178. The fourth-order valence-corrected chi connectivity index (χ4v) is 5.82. The fraction of sp³-hybridized carbons (Fsp3) is 0.143. The molecule has 0 saturated carbocycles. The van der Waals surface area contributed by atoms with Crippen LogP contribution in [0.15, 0.2) is 34.1 Å². The van der Waals surface area contributed by atoms with Gasteiger partial charge in [-0.05, 0) is 57.3 Å². The number of methoxy groups -OCH3 is 2. The Morgan fingerprint density at radius 3 is 1.21 bits per heavy atom. The molecule has 0 bridgehead atoms. The molecule has 2 aromatic carbocycles. The van der Waals surface area contributed by atoms with E-state index in [4.69, 9.17) is 9.47 Å². The smallest absolute Gasteiger partial charge is 0.744 e. The Morgan fingerprint density at radius 1 is 0.714 bits per heavy atom. The van der Waals surface area contributed by atoms with Gasteiger partial charge >= 0.3 is 103 Å². The van der Waals surface area contributed by atoms with E-state index in [0.717, 1.165) is 0 Å². The summed E-state index contributed by atoms with van der Waals surface area (Å²) < 4.78 is 81.8. The van der Waals surface area contributed by atoms with Crippen molar-refractivity contribution in [2.45, 2.75) is 9.79 Å². The fourth-order valence-electron chi connectivity index (χ4n) is 2.38. The first kappa shape index (κ1) is 30.6. The van der Waals surface area contributed by atoms with Crippen LogP contribution in [0.3, 0.4) is 0 Å². The zero-order valence-electron chi connectivity index (χ0n) is 15.1. The van der Waals surface area contributed by atoms with Crippen LogP contribution in [0.2, 0.25) is 0 Å². The summed E-state index contributed by atoms with van der Waals surface area (Å²) in [7, 11) is -7.76. The standard InChI is InChI=1S/C14H12I2O8S2.2K/c1-23-11-9(15)5-3-7(13(11)25(17,18)19)8-4-6-10(16)12(24-2)14(8)26(20,21)22;;/h3-6H,1-2H3,(H,17,18,19)(H,20,21,22);;/q;2*+1/p-2. The average molecular weight is 702 g/mol. The van der Waals surface area contributed by atoms with Crippen molar-refractivity contribution in [1.29, 1.82) is 0 Å². The molecule has 0 spiro atoms. The van der Waals surface area contributed by atoms with Crippen LogP contribution in [0.1, 0.15) is 0 Å². The van der Waals surface area contributed by atoms with Crippen LogP contribution in [0, 0.1) is 7.14 Å². The largest absolute Gasteiger partial charge is 1.00 e. The number of benzene rings is 2. The Labute approximate surface area is 275 Å². The number of halogens is 2. The minimum Gasteiger partial charge on any atom is -0.744 e. The van der Waals surface area contributed by atoms with Crippen LogP contribution in [0.5, 0.6) is 11.5 Å². The van der Waals surface area contributed by atoms with E-state index in [0.29, 0.717) is 7.14 Å². The molecule has 0 unspecified atom stereocenters. The molecule has 2 rings (SSSR count). The Hall–Kier alpha value is 2.59. The molecule has 0 aliphatic carbocycles. The molecule has 14 heteroatoms. The van der Waals surface area contributed by atoms with Crippen LogP contribution in [-0.4, -0.2) is 40.2 Å². The van der Waals surface area contributed by atoms with E-state index in [2.05, 4.69) is 0 Å². The van der Waals surface area contributed by atoms with E-state index in [-0.39, 0.29) is 125 Å². The first-order valence-electron chi connectivity index (χ1n) is 6.58. The second kappa shape index (κ2) is 12.2. The summed E-state index contributed by atoms with van der Waals surface area (Å²) in [5.41, 5.74) is -0.525. The summed E-state index contributed by atoms with van der Waals surface area (Å²) in [4.78, 5) is -1.50. The Kier molecular flexibility index (Phi) is 13.3. The number of rotatable bonds is 5. The minimum atomic E-state index is -5.06. The van der Waals surface area contributed by atoms with Gasteiger partial charge in [-0.2, -0.15) is 0 Å². The number of hydrogen-bond acceptors (Lipinski definition) is 8. The topological polar surface area (TPSA) is 133 Å². The third kappa shape index (κ3) is 6.80. The zero-order chi connectivity index (χ0) is 19.9. The second-order valence-electron chi connectivity index (χ2n) is 4.82. The van der Waals surface area contributed by atoms with Crippen molar-refractivity contribution >= 4 is 65.4 Å². The molecule has 0 N–H and O–H groups in total. The van der Waals surface area contributed by atoms with Gasteiger partial charge in [0, 0.05) is 11.1 Å². The van der Waals surface area contributed by atoms with Gasteiger partial charge in [0.2, 0.25) is 0 Å². The third-order valence-corrected chi connectivity index (χ3v) is 6.84. The van der Waals surface area contributed by atoms with Crippen LogP contribution < -0.4 is 112 Å². The van der Waals surface area contributed by atoms with E-state index < -0.39 is 30.0 Å². The molecule has 28 heavy (non-hydrogen) atoms. The molecule has 0 aliphatic rings. The molecule has 0 radical (unpaired) electrons. The Balaban J connectivity index is 0.00000364. The summed E-state index contributed by atoms with van der Waals surface area (Å²) in [6, 6.07) is 5.36. The van der Waals surface area contributed by atoms with Crippen LogP contribution in [-0.2, 0) is 20.2 Å². The summed E-state index contributed by atoms with van der Waals surface area (Å²) in [5, 5.41) is 0. The summed E-state index contributed by atoms with van der Waals surface area (Å²) in [6.45, 7) is 0. The van der Waals surface area contributed by atoms with E-state index >= 15 is 0 Å². The molecule has 0 amide bonds. The number of ether oxygens (including phenoxy) is 2. The predicted molar refractivity (Wildman–Crippen MR) is 106 cm³/mol. The molecule has 8 nitrogen and oxygen atoms in total. The molecule has 0 atom stereocenters. The Bertz CT molecular complexity index is 1000. The second-order valence-corrected chi connectivity index (χ2v) is 9.78. The molecule has 0 saturated heterocycles. The van der Waals surface area contributed by atoms with Gasteiger partial charge in [-0.15, -0.1) is 0 Å². The zero-order valence-corrected chi connectivity index (χ0v) is 27.3. The van der Waals surface area contributed by atoms with Gasteiger partial charge in [0.05, 0.1) is 21.4 Å². The van der Waals surface area contributed by atoms with E-state index in [9.17, 15) is 25.9 Å². The third-order valence-electron chi connectivity index (χ3n) is 3.33. The van der Waals surface area contributed by atoms with Crippen molar-refractivity contribution in [3.8, 4) is 22.6 Å². The maximum Gasteiger partial charge on any atom is 1.00 e. The van der Waals surface area contributed by atoms with Crippen molar-refractivity contribution in [1.82, 2.24) is 0 Å². The summed E-state index contributed by atoms with van der Waals surface area (Å²) in [6.07, 6.45) is 0. The molecule has 0 aromatic heterocycles. The maximum atomic E-state index is 11.8. The van der Waals surface area contributed by atoms with Gasteiger partial charge in [0.15, 0.2) is 0 Å². The minimum absolute atomic E-state index is 0. The van der Waals surface area contributed by atoms with Gasteiger partial charge < -0.3 is 18.6 Å². The first-order valence-corrected chi connectivity index (χ1v) is 11.6. The molecule has 142 valence electrons. The van der Waals surface area contributed by atoms with Gasteiger partial charge in [-0.3, -0.25) is 0 Å². The van der Waals surface area contributed by atoms with Gasteiger partial charge in [0.25, 0.3) is 0 Å². The van der Waals surface area contributed by atoms with Crippen LogP contribution in [0.25, 0.3) is 11.1 Å². The van der Waals surface area contributed by atoms with Crippen LogP contribution in [0.4, 0.5) is 0 Å². The SMILES string of the molecule is COc1c(I)ccc(-c2ccc(I)c(OC)c2S(=O)(=O)[O-])c1S(=O)(=O)[O-].[K+].[K+]. The molecule has 0 fully saturated rings.